The average Bonchev–Trinajstić information content (AvgIpc) is 2.37. The van der Waals surface area contributed by atoms with Gasteiger partial charge in [0.1, 0.15) is 6.07 Å². The number of rotatable bonds is 5. The van der Waals surface area contributed by atoms with E-state index in [4.69, 9.17) is 22.6 Å². The van der Waals surface area contributed by atoms with Crippen LogP contribution in [0, 0.1) is 17.2 Å². The van der Waals surface area contributed by atoms with Crippen molar-refractivity contribution in [3.05, 3.63) is 28.8 Å². The van der Waals surface area contributed by atoms with Crippen LogP contribution in [0.1, 0.15) is 32.3 Å². The van der Waals surface area contributed by atoms with Crippen molar-refractivity contribution in [1.82, 2.24) is 0 Å². The molecule has 0 fully saturated rings. The van der Waals surface area contributed by atoms with Gasteiger partial charge in [-0.3, -0.25) is 4.79 Å². The fourth-order valence-electron chi connectivity index (χ4n) is 1.74. The fourth-order valence-corrected chi connectivity index (χ4v) is 1.96. The summed E-state index contributed by atoms with van der Waals surface area (Å²) >= 11 is 5.90. The minimum Gasteiger partial charge on any atom is -0.327 e. The Labute approximate surface area is 118 Å². The van der Waals surface area contributed by atoms with Gasteiger partial charge < -0.3 is 11.1 Å². The number of nitrogens with two attached hydrogens (primary N) is 1. The van der Waals surface area contributed by atoms with Gasteiger partial charge in [-0.25, -0.2) is 0 Å². The van der Waals surface area contributed by atoms with Crippen molar-refractivity contribution >= 4 is 23.2 Å². The van der Waals surface area contributed by atoms with Crippen LogP contribution in [-0.2, 0) is 4.79 Å². The molecule has 0 aliphatic heterocycles. The SMILES string of the molecule is CC[C@H](N)[C@H](C)CC(=O)Nc1ccc(C#N)c(Cl)c1. The molecule has 1 amide bonds. The summed E-state index contributed by atoms with van der Waals surface area (Å²) in [5.41, 5.74) is 6.86. The Hall–Kier alpha value is -1.57. The number of anilines is 1. The number of carbonyl (C=O) groups is 1. The number of benzene rings is 1. The number of nitrogens with one attached hydrogen (secondary N) is 1. The lowest BCUT2D eigenvalue weighted by Gasteiger charge is -2.17. The molecule has 1 aromatic carbocycles. The minimum absolute atomic E-state index is 0.0234. The van der Waals surface area contributed by atoms with Crippen molar-refractivity contribution in [1.29, 1.82) is 5.26 Å². The quantitative estimate of drug-likeness (QED) is 0.870. The number of nitrogens with zero attached hydrogens (tertiary/aromatic N) is 1. The van der Waals surface area contributed by atoms with Crippen LogP contribution in [0.4, 0.5) is 5.69 Å². The molecule has 1 rings (SSSR count). The summed E-state index contributed by atoms with van der Waals surface area (Å²) in [6.45, 7) is 3.96. The second kappa shape index (κ2) is 7.13. The van der Waals surface area contributed by atoms with E-state index in [9.17, 15) is 4.79 Å². The normalized spacial score (nSPS) is 13.4. The lowest BCUT2D eigenvalue weighted by atomic mass is 9.97. The minimum atomic E-state index is -0.0998. The molecule has 0 spiro atoms. The van der Waals surface area contributed by atoms with E-state index in [2.05, 4.69) is 5.32 Å². The van der Waals surface area contributed by atoms with Gasteiger partial charge in [-0.15, -0.1) is 0 Å². The van der Waals surface area contributed by atoms with Gasteiger partial charge in [-0.05, 0) is 30.5 Å². The van der Waals surface area contributed by atoms with Crippen molar-refractivity contribution in [3.8, 4) is 6.07 Å². The molecule has 0 aliphatic rings. The van der Waals surface area contributed by atoms with Crippen molar-refractivity contribution < 1.29 is 4.79 Å². The average molecular weight is 280 g/mol. The van der Waals surface area contributed by atoms with E-state index in [1.807, 2.05) is 19.9 Å². The summed E-state index contributed by atoms with van der Waals surface area (Å²) < 4.78 is 0. The number of nitriles is 1. The van der Waals surface area contributed by atoms with Crippen LogP contribution in [-0.4, -0.2) is 11.9 Å². The van der Waals surface area contributed by atoms with E-state index >= 15 is 0 Å². The maximum atomic E-state index is 11.8. The summed E-state index contributed by atoms with van der Waals surface area (Å²) in [5, 5.41) is 11.9. The van der Waals surface area contributed by atoms with E-state index in [1.165, 1.54) is 0 Å². The Bertz CT molecular complexity index is 496. The van der Waals surface area contributed by atoms with Crippen molar-refractivity contribution in [2.75, 3.05) is 5.32 Å². The van der Waals surface area contributed by atoms with Gasteiger partial charge in [0.25, 0.3) is 0 Å². The summed E-state index contributed by atoms with van der Waals surface area (Å²) in [5.74, 6) is 0.0241. The van der Waals surface area contributed by atoms with Gasteiger partial charge in [0.05, 0.1) is 10.6 Å². The first kappa shape index (κ1) is 15.5. The summed E-state index contributed by atoms with van der Waals surface area (Å²) in [6.07, 6.45) is 1.21. The molecule has 0 unspecified atom stereocenters. The molecule has 4 nitrogen and oxygen atoms in total. The van der Waals surface area contributed by atoms with E-state index in [0.717, 1.165) is 6.42 Å². The van der Waals surface area contributed by atoms with Gasteiger partial charge in [0, 0.05) is 18.2 Å². The highest BCUT2D eigenvalue weighted by atomic mass is 35.5. The summed E-state index contributed by atoms with van der Waals surface area (Å²) in [7, 11) is 0. The molecule has 5 heteroatoms. The highest BCUT2D eigenvalue weighted by Gasteiger charge is 2.15. The van der Waals surface area contributed by atoms with Crippen molar-refractivity contribution in [2.24, 2.45) is 11.7 Å². The number of hydrogen-bond acceptors (Lipinski definition) is 3. The Kier molecular flexibility index (Phi) is 5.81. The monoisotopic (exact) mass is 279 g/mol. The highest BCUT2D eigenvalue weighted by Crippen LogP contribution is 2.20. The molecular weight excluding hydrogens is 262 g/mol. The van der Waals surface area contributed by atoms with Gasteiger partial charge in [-0.1, -0.05) is 25.4 Å². The Morgan fingerprint density at radius 1 is 1.58 bits per heavy atom. The predicted molar refractivity (Wildman–Crippen MR) is 76.8 cm³/mol. The molecule has 2 atom stereocenters. The van der Waals surface area contributed by atoms with Crippen molar-refractivity contribution in [3.63, 3.8) is 0 Å². The van der Waals surface area contributed by atoms with E-state index in [0.29, 0.717) is 22.7 Å². The zero-order chi connectivity index (χ0) is 14.4. The molecule has 0 aromatic heterocycles. The fraction of sp³-hybridized carbons (Fsp3) is 0.429. The maximum Gasteiger partial charge on any atom is 0.224 e. The third-order valence-electron chi connectivity index (χ3n) is 3.08. The molecule has 3 N–H and O–H groups in total. The van der Waals surface area contributed by atoms with E-state index in [-0.39, 0.29) is 17.9 Å². The smallest absolute Gasteiger partial charge is 0.224 e. The number of amides is 1. The maximum absolute atomic E-state index is 11.8. The number of hydrogen-bond donors (Lipinski definition) is 2. The van der Waals surface area contributed by atoms with Crippen LogP contribution >= 0.6 is 11.6 Å². The standard InChI is InChI=1S/C14H18ClN3O/c1-3-13(17)9(2)6-14(19)18-11-5-4-10(8-16)12(15)7-11/h4-5,7,9,13H,3,6,17H2,1-2H3,(H,18,19)/t9-,13+/m1/s1. The molecule has 0 radical (unpaired) electrons. The number of carbonyl (C=O) groups excluding carboxylic acids is 1. The van der Waals surface area contributed by atoms with Gasteiger partial charge in [0.2, 0.25) is 5.91 Å². The zero-order valence-corrected chi connectivity index (χ0v) is 11.9. The molecule has 1 aromatic rings. The van der Waals surface area contributed by atoms with Crippen LogP contribution in [0.5, 0.6) is 0 Å². The Morgan fingerprint density at radius 3 is 2.79 bits per heavy atom. The largest absolute Gasteiger partial charge is 0.327 e. The van der Waals surface area contributed by atoms with Crippen LogP contribution in [0.3, 0.4) is 0 Å². The molecule has 0 bridgehead atoms. The topological polar surface area (TPSA) is 78.9 Å². The third kappa shape index (κ3) is 4.55. The molecular formula is C14H18ClN3O. The Morgan fingerprint density at radius 2 is 2.26 bits per heavy atom. The van der Waals surface area contributed by atoms with Gasteiger partial charge in [0.15, 0.2) is 0 Å². The van der Waals surface area contributed by atoms with Crippen LogP contribution < -0.4 is 11.1 Å². The first-order valence-corrected chi connectivity index (χ1v) is 6.60. The van der Waals surface area contributed by atoms with Gasteiger partial charge in [-0.2, -0.15) is 5.26 Å². The second-order valence-corrected chi connectivity index (χ2v) is 5.02. The first-order chi connectivity index (χ1) is 8.97. The van der Waals surface area contributed by atoms with Gasteiger partial charge >= 0.3 is 0 Å². The summed E-state index contributed by atoms with van der Waals surface area (Å²) in [4.78, 5) is 11.8. The third-order valence-corrected chi connectivity index (χ3v) is 3.40. The van der Waals surface area contributed by atoms with Crippen LogP contribution in [0.2, 0.25) is 5.02 Å². The van der Waals surface area contributed by atoms with E-state index in [1.54, 1.807) is 18.2 Å². The second-order valence-electron chi connectivity index (χ2n) is 4.61. The molecule has 0 aliphatic carbocycles. The molecule has 102 valence electrons. The van der Waals surface area contributed by atoms with Crippen LogP contribution in [0.25, 0.3) is 0 Å². The molecule has 0 heterocycles. The first-order valence-electron chi connectivity index (χ1n) is 6.23. The summed E-state index contributed by atoms with van der Waals surface area (Å²) in [6, 6.07) is 6.81. The molecule has 0 saturated carbocycles. The zero-order valence-electron chi connectivity index (χ0n) is 11.1. The predicted octanol–water partition coefficient (Wildman–Crippen LogP) is 2.91. The molecule has 0 saturated heterocycles. The lowest BCUT2D eigenvalue weighted by Crippen LogP contribution is -2.30. The van der Waals surface area contributed by atoms with Crippen LogP contribution in [0.15, 0.2) is 18.2 Å². The lowest BCUT2D eigenvalue weighted by molar-refractivity contribution is -0.117. The van der Waals surface area contributed by atoms with E-state index < -0.39 is 0 Å². The molecule has 19 heavy (non-hydrogen) atoms. The number of halogens is 1. The highest BCUT2D eigenvalue weighted by molar-refractivity contribution is 6.32. The van der Waals surface area contributed by atoms with Crippen molar-refractivity contribution in [2.45, 2.75) is 32.7 Å². The Balaban J connectivity index is 2.63.